The molecule has 0 aromatic heterocycles. The standard InChI is InChI=1S/C12H24O2.C3H8O4/c1-2-3-4-5-6-7-8-9-10-11-12(13)14;4-1-3(5)2-7-6/h2-11H2,1H3,(H,13,14);3-6H,1-2H2. The van der Waals surface area contributed by atoms with Crippen molar-refractivity contribution in [3.8, 4) is 0 Å². The van der Waals surface area contributed by atoms with Gasteiger partial charge in [-0.25, -0.2) is 4.89 Å². The monoisotopic (exact) mass is 308 g/mol. The molecule has 0 radical (unpaired) electrons. The predicted molar refractivity (Wildman–Crippen MR) is 81.2 cm³/mol. The molecular formula is C15H32O6. The molecule has 0 spiro atoms. The molecule has 0 aromatic carbocycles. The molecule has 0 heterocycles. The highest BCUT2D eigenvalue weighted by Gasteiger charge is 1.98. The molecular weight excluding hydrogens is 276 g/mol. The molecule has 0 bridgehead atoms. The third-order valence-electron chi connectivity index (χ3n) is 2.97. The number of carboxylic acid groups (broad SMARTS) is 1. The molecule has 0 fully saturated rings. The average Bonchev–Trinajstić information content (AvgIpc) is 2.46. The Morgan fingerprint density at radius 2 is 1.48 bits per heavy atom. The molecule has 0 aliphatic carbocycles. The smallest absolute Gasteiger partial charge is 0.303 e. The van der Waals surface area contributed by atoms with E-state index in [9.17, 15) is 4.79 Å². The summed E-state index contributed by atoms with van der Waals surface area (Å²) >= 11 is 0. The summed E-state index contributed by atoms with van der Waals surface area (Å²) in [5, 5.41) is 32.4. The van der Waals surface area contributed by atoms with Crippen molar-refractivity contribution in [2.45, 2.75) is 77.2 Å². The molecule has 6 heteroatoms. The minimum absolute atomic E-state index is 0.240. The topological polar surface area (TPSA) is 107 Å². The molecule has 21 heavy (non-hydrogen) atoms. The Morgan fingerprint density at radius 1 is 1.00 bits per heavy atom. The molecule has 128 valence electrons. The number of carbonyl (C=O) groups is 1. The Bertz CT molecular complexity index is 210. The maximum atomic E-state index is 10.2. The fourth-order valence-corrected chi connectivity index (χ4v) is 1.73. The van der Waals surface area contributed by atoms with E-state index >= 15 is 0 Å². The van der Waals surface area contributed by atoms with Crippen molar-refractivity contribution in [2.75, 3.05) is 13.2 Å². The lowest BCUT2D eigenvalue weighted by Gasteiger charge is -2.00. The first-order chi connectivity index (χ1) is 10.1. The van der Waals surface area contributed by atoms with Crippen LogP contribution in [-0.4, -0.2) is 45.9 Å². The molecule has 1 atom stereocenters. The van der Waals surface area contributed by atoms with Crippen molar-refractivity contribution in [1.29, 1.82) is 0 Å². The van der Waals surface area contributed by atoms with E-state index in [1.165, 1.54) is 44.9 Å². The first-order valence-electron chi connectivity index (χ1n) is 7.85. The molecule has 0 aliphatic rings. The van der Waals surface area contributed by atoms with Gasteiger partial charge >= 0.3 is 5.97 Å². The SMILES string of the molecule is CCCCCCCCCCCC(=O)O.OCC(O)COO. The first kappa shape index (κ1) is 22.6. The highest BCUT2D eigenvalue weighted by Crippen LogP contribution is 2.10. The summed E-state index contributed by atoms with van der Waals surface area (Å²) in [6.45, 7) is 1.60. The molecule has 0 rings (SSSR count). The summed E-state index contributed by atoms with van der Waals surface area (Å²) in [7, 11) is 0. The molecule has 0 saturated carbocycles. The number of unbranched alkanes of at least 4 members (excludes halogenated alkanes) is 8. The van der Waals surface area contributed by atoms with Gasteiger partial charge in [-0.3, -0.25) is 10.1 Å². The van der Waals surface area contributed by atoms with Gasteiger partial charge in [0.05, 0.1) is 6.61 Å². The van der Waals surface area contributed by atoms with Gasteiger partial charge in [0.25, 0.3) is 0 Å². The Labute approximate surface area is 127 Å². The quantitative estimate of drug-likeness (QED) is 0.237. The van der Waals surface area contributed by atoms with Crippen molar-refractivity contribution in [3.05, 3.63) is 0 Å². The number of aliphatic hydroxyl groups excluding tert-OH is 2. The van der Waals surface area contributed by atoms with Gasteiger partial charge in [-0.2, -0.15) is 0 Å². The number of rotatable bonds is 13. The molecule has 0 amide bonds. The lowest BCUT2D eigenvalue weighted by molar-refractivity contribution is -0.258. The molecule has 0 aromatic rings. The van der Waals surface area contributed by atoms with Gasteiger partial charge in [0.1, 0.15) is 12.7 Å². The molecule has 1 unspecified atom stereocenters. The van der Waals surface area contributed by atoms with E-state index in [1.807, 2.05) is 0 Å². The van der Waals surface area contributed by atoms with E-state index in [4.69, 9.17) is 20.6 Å². The van der Waals surface area contributed by atoms with Gasteiger partial charge in [-0.05, 0) is 6.42 Å². The fourth-order valence-electron chi connectivity index (χ4n) is 1.73. The number of hydrogen-bond donors (Lipinski definition) is 4. The van der Waals surface area contributed by atoms with E-state index in [0.717, 1.165) is 12.8 Å². The minimum Gasteiger partial charge on any atom is -0.481 e. The van der Waals surface area contributed by atoms with Crippen molar-refractivity contribution < 1.29 is 30.3 Å². The zero-order valence-corrected chi connectivity index (χ0v) is 13.2. The van der Waals surface area contributed by atoms with Gasteiger partial charge in [-0.1, -0.05) is 58.3 Å². The van der Waals surface area contributed by atoms with Crippen molar-refractivity contribution >= 4 is 5.97 Å². The third kappa shape index (κ3) is 24.7. The van der Waals surface area contributed by atoms with Gasteiger partial charge in [0.15, 0.2) is 0 Å². The summed E-state index contributed by atoms with van der Waals surface area (Å²) in [6.07, 6.45) is 10.5. The lowest BCUT2D eigenvalue weighted by atomic mass is 10.1. The molecule has 0 saturated heterocycles. The van der Waals surface area contributed by atoms with E-state index in [1.54, 1.807) is 0 Å². The average molecular weight is 308 g/mol. The van der Waals surface area contributed by atoms with E-state index in [-0.39, 0.29) is 13.2 Å². The number of hydrogen-bond acceptors (Lipinski definition) is 5. The van der Waals surface area contributed by atoms with E-state index in [0.29, 0.717) is 6.42 Å². The molecule has 4 N–H and O–H groups in total. The van der Waals surface area contributed by atoms with Crippen LogP contribution < -0.4 is 0 Å². The summed E-state index contributed by atoms with van der Waals surface area (Å²) in [5.41, 5.74) is 0. The number of aliphatic carboxylic acids is 1. The van der Waals surface area contributed by atoms with Crippen LogP contribution in [0.1, 0.15) is 71.1 Å². The van der Waals surface area contributed by atoms with Crippen LogP contribution in [0, 0.1) is 0 Å². The second kappa shape index (κ2) is 19.3. The maximum absolute atomic E-state index is 10.2. The minimum atomic E-state index is -0.968. The summed E-state index contributed by atoms with van der Waals surface area (Å²) in [6, 6.07) is 0. The zero-order chi connectivity index (χ0) is 16.3. The van der Waals surface area contributed by atoms with E-state index in [2.05, 4.69) is 11.8 Å². The Balaban J connectivity index is 0. The van der Waals surface area contributed by atoms with Gasteiger partial charge in [0.2, 0.25) is 0 Å². The van der Waals surface area contributed by atoms with Crippen LogP contribution in [-0.2, 0) is 9.68 Å². The van der Waals surface area contributed by atoms with E-state index < -0.39 is 12.1 Å². The van der Waals surface area contributed by atoms with Gasteiger partial charge in [0, 0.05) is 6.42 Å². The predicted octanol–water partition coefficient (Wildman–Crippen LogP) is 2.82. The maximum Gasteiger partial charge on any atom is 0.303 e. The fraction of sp³-hybridized carbons (Fsp3) is 0.933. The van der Waals surface area contributed by atoms with Crippen LogP contribution in [0.3, 0.4) is 0 Å². The highest BCUT2D eigenvalue weighted by atomic mass is 17.1. The van der Waals surface area contributed by atoms with Crippen LogP contribution >= 0.6 is 0 Å². The molecule has 6 nitrogen and oxygen atoms in total. The Hall–Kier alpha value is -0.690. The number of carboxylic acids is 1. The summed E-state index contributed by atoms with van der Waals surface area (Å²) in [5.74, 6) is -0.659. The highest BCUT2D eigenvalue weighted by molar-refractivity contribution is 5.66. The van der Waals surface area contributed by atoms with Crippen molar-refractivity contribution in [2.24, 2.45) is 0 Å². The van der Waals surface area contributed by atoms with Gasteiger partial charge in [-0.15, -0.1) is 0 Å². The Morgan fingerprint density at radius 3 is 1.81 bits per heavy atom. The van der Waals surface area contributed by atoms with Crippen LogP contribution in [0.2, 0.25) is 0 Å². The normalized spacial score (nSPS) is 11.6. The lowest BCUT2D eigenvalue weighted by Crippen LogP contribution is -2.17. The zero-order valence-electron chi connectivity index (χ0n) is 13.2. The number of aliphatic hydroxyl groups is 2. The Kier molecular flexibility index (Phi) is 20.8. The second-order valence-corrected chi connectivity index (χ2v) is 5.10. The molecule has 0 aliphatic heterocycles. The van der Waals surface area contributed by atoms with Crippen LogP contribution in [0.4, 0.5) is 0 Å². The van der Waals surface area contributed by atoms with Crippen molar-refractivity contribution in [1.82, 2.24) is 0 Å². The first-order valence-corrected chi connectivity index (χ1v) is 7.85. The van der Waals surface area contributed by atoms with Crippen LogP contribution in [0.5, 0.6) is 0 Å². The van der Waals surface area contributed by atoms with Gasteiger partial charge < -0.3 is 15.3 Å². The largest absolute Gasteiger partial charge is 0.481 e. The van der Waals surface area contributed by atoms with Crippen LogP contribution in [0.15, 0.2) is 0 Å². The van der Waals surface area contributed by atoms with Crippen LogP contribution in [0.25, 0.3) is 0 Å². The summed E-state index contributed by atoms with van der Waals surface area (Å²) in [4.78, 5) is 13.7. The van der Waals surface area contributed by atoms with Crippen molar-refractivity contribution in [3.63, 3.8) is 0 Å². The second-order valence-electron chi connectivity index (χ2n) is 5.10. The summed E-state index contributed by atoms with van der Waals surface area (Å²) < 4.78 is 0. The third-order valence-corrected chi connectivity index (χ3v) is 2.97.